The Balaban J connectivity index is 1.68. The fourth-order valence-electron chi connectivity index (χ4n) is 4.49. The predicted octanol–water partition coefficient (Wildman–Crippen LogP) is 3.04. The van der Waals surface area contributed by atoms with E-state index in [4.69, 9.17) is 0 Å². The normalized spacial score (nSPS) is 30.9. The van der Waals surface area contributed by atoms with Crippen molar-refractivity contribution in [3.63, 3.8) is 0 Å². The SMILES string of the molecule is O=C(O)C1(N2CC3(CCCCCC3)C2)CCCC1. The van der Waals surface area contributed by atoms with Gasteiger partial charge in [0.1, 0.15) is 5.54 Å². The minimum atomic E-state index is -0.566. The summed E-state index contributed by atoms with van der Waals surface area (Å²) in [7, 11) is 0. The van der Waals surface area contributed by atoms with Gasteiger partial charge in [0.05, 0.1) is 0 Å². The molecule has 0 bridgehead atoms. The van der Waals surface area contributed by atoms with E-state index in [-0.39, 0.29) is 0 Å². The van der Waals surface area contributed by atoms with Crippen LogP contribution in [0.2, 0.25) is 0 Å². The quantitative estimate of drug-likeness (QED) is 0.820. The van der Waals surface area contributed by atoms with Gasteiger partial charge in [0.15, 0.2) is 0 Å². The third-order valence-corrected chi connectivity index (χ3v) is 5.65. The topological polar surface area (TPSA) is 40.5 Å². The van der Waals surface area contributed by atoms with E-state index >= 15 is 0 Å². The van der Waals surface area contributed by atoms with E-state index in [1.165, 1.54) is 38.5 Å². The third kappa shape index (κ3) is 1.87. The highest BCUT2D eigenvalue weighted by Gasteiger charge is 2.55. The van der Waals surface area contributed by atoms with Gasteiger partial charge in [0.2, 0.25) is 0 Å². The van der Waals surface area contributed by atoms with Crippen molar-refractivity contribution in [3.05, 3.63) is 0 Å². The van der Waals surface area contributed by atoms with Gasteiger partial charge in [-0.25, -0.2) is 0 Å². The lowest BCUT2D eigenvalue weighted by Gasteiger charge is -2.56. The van der Waals surface area contributed by atoms with Crippen LogP contribution in [0.3, 0.4) is 0 Å². The number of carbonyl (C=O) groups is 1. The molecule has 2 aliphatic carbocycles. The van der Waals surface area contributed by atoms with Crippen LogP contribution in [0.1, 0.15) is 64.2 Å². The number of aliphatic carboxylic acids is 1. The van der Waals surface area contributed by atoms with Crippen molar-refractivity contribution >= 4 is 5.97 Å². The number of hydrogen-bond donors (Lipinski definition) is 1. The molecule has 1 aliphatic heterocycles. The summed E-state index contributed by atoms with van der Waals surface area (Å²) in [6, 6.07) is 0. The van der Waals surface area contributed by atoms with E-state index in [9.17, 15) is 9.90 Å². The molecule has 3 nitrogen and oxygen atoms in total. The monoisotopic (exact) mass is 251 g/mol. The Morgan fingerprint density at radius 2 is 1.33 bits per heavy atom. The van der Waals surface area contributed by atoms with E-state index in [1.54, 1.807) is 0 Å². The van der Waals surface area contributed by atoms with Crippen molar-refractivity contribution in [2.45, 2.75) is 69.7 Å². The average molecular weight is 251 g/mol. The van der Waals surface area contributed by atoms with Crippen molar-refractivity contribution in [3.8, 4) is 0 Å². The maximum Gasteiger partial charge on any atom is 0.324 e. The zero-order valence-corrected chi connectivity index (χ0v) is 11.3. The molecule has 102 valence electrons. The van der Waals surface area contributed by atoms with Crippen LogP contribution >= 0.6 is 0 Å². The molecule has 3 rings (SSSR count). The Morgan fingerprint density at radius 1 is 0.833 bits per heavy atom. The molecular weight excluding hydrogens is 226 g/mol. The predicted molar refractivity (Wildman–Crippen MR) is 70.5 cm³/mol. The van der Waals surface area contributed by atoms with Crippen molar-refractivity contribution in [1.82, 2.24) is 4.90 Å². The van der Waals surface area contributed by atoms with Crippen LogP contribution in [-0.4, -0.2) is 34.6 Å². The van der Waals surface area contributed by atoms with Crippen molar-refractivity contribution < 1.29 is 9.90 Å². The summed E-state index contributed by atoms with van der Waals surface area (Å²) in [6.45, 7) is 2.11. The van der Waals surface area contributed by atoms with Crippen LogP contribution < -0.4 is 0 Å². The van der Waals surface area contributed by atoms with Crippen LogP contribution in [0.4, 0.5) is 0 Å². The number of likely N-dealkylation sites (tertiary alicyclic amines) is 1. The third-order valence-electron chi connectivity index (χ3n) is 5.65. The minimum Gasteiger partial charge on any atom is -0.480 e. The Hall–Kier alpha value is -0.570. The average Bonchev–Trinajstić information content (AvgIpc) is 2.66. The zero-order valence-electron chi connectivity index (χ0n) is 11.3. The van der Waals surface area contributed by atoms with Gasteiger partial charge in [-0.2, -0.15) is 0 Å². The number of hydrogen-bond acceptors (Lipinski definition) is 2. The summed E-state index contributed by atoms with van der Waals surface area (Å²) >= 11 is 0. The molecule has 0 unspecified atom stereocenters. The van der Waals surface area contributed by atoms with E-state index in [2.05, 4.69) is 4.90 Å². The van der Waals surface area contributed by atoms with Gasteiger partial charge in [0.25, 0.3) is 0 Å². The number of carboxylic acid groups (broad SMARTS) is 1. The van der Waals surface area contributed by atoms with Gasteiger partial charge >= 0.3 is 5.97 Å². The van der Waals surface area contributed by atoms with Gasteiger partial charge in [0, 0.05) is 13.1 Å². The maximum absolute atomic E-state index is 11.7. The first-order valence-electron chi connectivity index (χ1n) is 7.66. The first kappa shape index (κ1) is 12.5. The van der Waals surface area contributed by atoms with Crippen molar-refractivity contribution in [2.24, 2.45) is 5.41 Å². The Morgan fingerprint density at radius 3 is 1.83 bits per heavy atom. The molecule has 0 aromatic carbocycles. The standard InChI is InChI=1S/C15H25NO2/c17-13(18)15(9-5-6-10-15)16-11-14(12-16)7-3-1-2-4-8-14/h1-12H2,(H,17,18). The molecule has 1 heterocycles. The van der Waals surface area contributed by atoms with E-state index in [0.717, 1.165) is 38.8 Å². The fourth-order valence-corrected chi connectivity index (χ4v) is 4.49. The first-order valence-corrected chi connectivity index (χ1v) is 7.66. The molecule has 2 saturated carbocycles. The van der Waals surface area contributed by atoms with Crippen molar-refractivity contribution in [2.75, 3.05) is 13.1 Å². The minimum absolute atomic E-state index is 0.488. The lowest BCUT2D eigenvalue weighted by atomic mass is 9.70. The van der Waals surface area contributed by atoms with E-state index < -0.39 is 11.5 Å². The number of rotatable bonds is 2. The summed E-state index contributed by atoms with van der Waals surface area (Å²) in [6.07, 6.45) is 12.1. The van der Waals surface area contributed by atoms with Crippen LogP contribution in [0.5, 0.6) is 0 Å². The van der Waals surface area contributed by atoms with Crippen molar-refractivity contribution in [1.29, 1.82) is 0 Å². The van der Waals surface area contributed by atoms with Gasteiger partial charge in [-0.3, -0.25) is 9.69 Å². The molecule has 1 saturated heterocycles. The van der Waals surface area contributed by atoms with Gasteiger partial charge in [-0.15, -0.1) is 0 Å². The lowest BCUT2D eigenvalue weighted by molar-refractivity contribution is -0.164. The highest BCUT2D eigenvalue weighted by molar-refractivity contribution is 5.79. The van der Waals surface area contributed by atoms with E-state index in [0.29, 0.717) is 5.41 Å². The molecule has 1 spiro atoms. The summed E-state index contributed by atoms with van der Waals surface area (Å²) in [4.78, 5) is 14.0. The van der Waals surface area contributed by atoms with Gasteiger partial charge in [-0.05, 0) is 31.1 Å². The molecule has 0 radical (unpaired) electrons. The summed E-state index contributed by atoms with van der Waals surface area (Å²) < 4.78 is 0. The summed E-state index contributed by atoms with van der Waals surface area (Å²) in [5.41, 5.74) is -0.000899. The second-order valence-electron chi connectivity index (χ2n) is 6.81. The van der Waals surface area contributed by atoms with Crippen LogP contribution in [-0.2, 0) is 4.79 Å². The lowest BCUT2D eigenvalue weighted by Crippen LogP contribution is -2.67. The van der Waals surface area contributed by atoms with Gasteiger partial charge in [-0.1, -0.05) is 38.5 Å². The molecule has 0 aromatic heterocycles. The largest absolute Gasteiger partial charge is 0.480 e. The Kier molecular flexibility index (Phi) is 3.13. The molecule has 0 aromatic rings. The molecule has 3 aliphatic rings. The zero-order chi connectivity index (χ0) is 12.6. The summed E-state index contributed by atoms with van der Waals surface area (Å²) in [5.74, 6) is -0.566. The highest BCUT2D eigenvalue weighted by Crippen LogP contribution is 2.49. The van der Waals surface area contributed by atoms with Gasteiger partial charge < -0.3 is 5.11 Å². The maximum atomic E-state index is 11.7. The molecule has 0 amide bonds. The second kappa shape index (κ2) is 4.52. The molecule has 3 heteroatoms. The smallest absolute Gasteiger partial charge is 0.324 e. The molecular formula is C15H25NO2. The van der Waals surface area contributed by atoms with Crippen LogP contribution in [0.15, 0.2) is 0 Å². The molecule has 18 heavy (non-hydrogen) atoms. The van der Waals surface area contributed by atoms with Crippen LogP contribution in [0, 0.1) is 5.41 Å². The first-order chi connectivity index (χ1) is 8.67. The number of nitrogens with zero attached hydrogens (tertiary/aromatic N) is 1. The molecule has 1 N–H and O–H groups in total. The fraction of sp³-hybridized carbons (Fsp3) is 0.933. The summed E-state index contributed by atoms with van der Waals surface area (Å²) in [5, 5.41) is 9.60. The highest BCUT2D eigenvalue weighted by atomic mass is 16.4. The second-order valence-corrected chi connectivity index (χ2v) is 6.81. The Labute approximate surface area is 110 Å². The number of carboxylic acids is 1. The van der Waals surface area contributed by atoms with E-state index in [1.807, 2.05) is 0 Å². The van der Waals surface area contributed by atoms with Crippen LogP contribution in [0.25, 0.3) is 0 Å². The Bertz CT molecular complexity index is 317. The molecule has 3 fully saturated rings. The molecule has 0 atom stereocenters.